The van der Waals surface area contributed by atoms with E-state index >= 15 is 0 Å². The summed E-state index contributed by atoms with van der Waals surface area (Å²) in [4.78, 5) is 2.08. The zero-order valence-electron chi connectivity index (χ0n) is 8.20. The molecule has 0 fully saturated rings. The highest BCUT2D eigenvalue weighted by Crippen LogP contribution is 2.22. The zero-order valence-corrected chi connectivity index (χ0v) is 9.79. The van der Waals surface area contributed by atoms with Crippen LogP contribution in [0.25, 0.3) is 0 Å². The zero-order chi connectivity index (χ0) is 10.1. The molecule has 0 saturated heterocycles. The number of benzene rings is 1. The molecule has 0 unspecified atom stereocenters. The second-order valence-corrected chi connectivity index (χ2v) is 4.68. The maximum absolute atomic E-state index is 9.47. The Bertz CT molecular complexity index is 343. The van der Waals surface area contributed by atoms with E-state index in [9.17, 15) is 5.02 Å². The van der Waals surface area contributed by atoms with Crippen LogP contribution in [-0.2, 0) is 13.0 Å². The van der Waals surface area contributed by atoms with Crippen LogP contribution in [0, 0.1) is 0 Å². The summed E-state index contributed by atoms with van der Waals surface area (Å²) in [7, 11) is -0.341. The Balaban J connectivity index is 2.23. The fourth-order valence-electron chi connectivity index (χ4n) is 1.86. The molecule has 1 aliphatic rings. The first kappa shape index (κ1) is 10.2. The minimum atomic E-state index is -0.341. The van der Waals surface area contributed by atoms with Crippen molar-refractivity contribution in [2.75, 3.05) is 6.54 Å². The molecule has 14 heavy (non-hydrogen) atoms. The predicted octanol–water partition coefficient (Wildman–Crippen LogP) is 1.92. The topological polar surface area (TPSA) is 23.5 Å². The first-order chi connectivity index (χ1) is 6.66. The van der Waals surface area contributed by atoms with Crippen molar-refractivity contribution in [2.24, 2.45) is 0 Å². The summed E-state index contributed by atoms with van der Waals surface area (Å²) in [6.07, 6.45) is 1.03. The van der Waals surface area contributed by atoms with Crippen LogP contribution in [0.5, 0.6) is 0 Å². The molecule has 2 rings (SSSR count). The SMILES string of the molecule is CB(O)N1CCc2cc(Br)ccc2C1. The molecule has 2 nitrogen and oxygen atoms in total. The van der Waals surface area contributed by atoms with Gasteiger partial charge in [0.25, 0.3) is 0 Å². The quantitative estimate of drug-likeness (QED) is 0.774. The fraction of sp³-hybridized carbons (Fsp3) is 0.400. The standard InChI is InChI=1S/C10H13BBrNO/c1-11(14)13-5-4-8-6-10(12)3-2-9(8)7-13/h2-3,6,14H,4-5,7H2,1H3. The third-order valence-corrected chi connectivity index (χ3v) is 3.23. The van der Waals surface area contributed by atoms with Gasteiger partial charge >= 0.3 is 7.05 Å². The summed E-state index contributed by atoms with van der Waals surface area (Å²) in [5, 5.41) is 9.47. The van der Waals surface area contributed by atoms with E-state index < -0.39 is 0 Å². The molecular formula is C10H13BBrNO. The van der Waals surface area contributed by atoms with E-state index in [1.807, 2.05) is 6.82 Å². The number of hydrogen-bond donors (Lipinski definition) is 1. The molecule has 1 aromatic rings. The van der Waals surface area contributed by atoms with E-state index in [0.29, 0.717) is 0 Å². The van der Waals surface area contributed by atoms with Gasteiger partial charge in [-0.2, -0.15) is 0 Å². The Labute approximate surface area is 93.2 Å². The average molecular weight is 254 g/mol. The molecule has 0 amide bonds. The molecule has 0 spiro atoms. The van der Waals surface area contributed by atoms with Crippen molar-refractivity contribution in [3.63, 3.8) is 0 Å². The molecule has 0 aromatic heterocycles. The molecule has 4 heteroatoms. The van der Waals surface area contributed by atoms with Gasteiger partial charge < -0.3 is 9.83 Å². The van der Waals surface area contributed by atoms with Gasteiger partial charge in [0.05, 0.1) is 0 Å². The Hall–Kier alpha value is -0.315. The lowest BCUT2D eigenvalue weighted by Crippen LogP contribution is -2.40. The molecule has 1 heterocycles. The predicted molar refractivity (Wildman–Crippen MR) is 62.1 cm³/mol. The van der Waals surface area contributed by atoms with Crippen LogP contribution >= 0.6 is 15.9 Å². The van der Waals surface area contributed by atoms with Gasteiger partial charge in [-0.1, -0.05) is 22.0 Å². The molecule has 1 N–H and O–H groups in total. The molecule has 1 aromatic carbocycles. The summed E-state index contributed by atoms with van der Waals surface area (Å²) in [6.45, 7) is 3.63. The minimum Gasteiger partial charge on any atom is -0.437 e. The lowest BCUT2D eigenvalue weighted by Gasteiger charge is -2.29. The second-order valence-electron chi connectivity index (χ2n) is 3.77. The first-order valence-corrected chi connectivity index (χ1v) is 5.65. The molecule has 74 valence electrons. The van der Waals surface area contributed by atoms with Crippen LogP contribution in [0.1, 0.15) is 11.1 Å². The van der Waals surface area contributed by atoms with Crippen LogP contribution in [0.2, 0.25) is 6.82 Å². The summed E-state index contributed by atoms with van der Waals surface area (Å²) < 4.78 is 1.14. The molecule has 1 aliphatic heterocycles. The normalized spacial score (nSPS) is 16.5. The summed E-state index contributed by atoms with van der Waals surface area (Å²) in [6, 6.07) is 6.37. The lowest BCUT2D eigenvalue weighted by molar-refractivity contribution is 0.347. The third-order valence-electron chi connectivity index (χ3n) is 2.74. The second kappa shape index (κ2) is 4.05. The molecule has 0 bridgehead atoms. The van der Waals surface area contributed by atoms with Crippen molar-refractivity contribution in [3.8, 4) is 0 Å². The van der Waals surface area contributed by atoms with E-state index in [4.69, 9.17) is 0 Å². The Kier molecular flexibility index (Phi) is 2.95. The highest BCUT2D eigenvalue weighted by molar-refractivity contribution is 9.10. The molecule has 0 aliphatic carbocycles. The largest absolute Gasteiger partial charge is 0.437 e. The van der Waals surface area contributed by atoms with Gasteiger partial charge in [0.2, 0.25) is 0 Å². The summed E-state index contributed by atoms with van der Waals surface area (Å²) in [5.74, 6) is 0. The highest BCUT2D eigenvalue weighted by atomic mass is 79.9. The van der Waals surface area contributed by atoms with Crippen molar-refractivity contribution in [3.05, 3.63) is 33.8 Å². The van der Waals surface area contributed by atoms with Crippen LogP contribution < -0.4 is 0 Å². The summed E-state index contributed by atoms with van der Waals surface area (Å²) >= 11 is 3.47. The van der Waals surface area contributed by atoms with Crippen LogP contribution in [0.3, 0.4) is 0 Å². The van der Waals surface area contributed by atoms with E-state index in [1.54, 1.807) is 0 Å². The van der Waals surface area contributed by atoms with Crippen LogP contribution in [-0.4, -0.2) is 23.4 Å². The van der Waals surface area contributed by atoms with Gasteiger partial charge in [-0.25, -0.2) is 0 Å². The van der Waals surface area contributed by atoms with Crippen LogP contribution in [0.15, 0.2) is 22.7 Å². The van der Waals surface area contributed by atoms with Crippen molar-refractivity contribution < 1.29 is 5.02 Å². The molecular weight excluding hydrogens is 241 g/mol. The van der Waals surface area contributed by atoms with E-state index in [1.165, 1.54) is 11.1 Å². The van der Waals surface area contributed by atoms with E-state index in [0.717, 1.165) is 24.0 Å². The van der Waals surface area contributed by atoms with Crippen molar-refractivity contribution in [1.29, 1.82) is 0 Å². The van der Waals surface area contributed by atoms with Crippen molar-refractivity contribution in [1.82, 2.24) is 4.81 Å². The van der Waals surface area contributed by atoms with Crippen molar-refractivity contribution >= 4 is 23.0 Å². The monoisotopic (exact) mass is 253 g/mol. The van der Waals surface area contributed by atoms with Crippen LogP contribution in [0.4, 0.5) is 0 Å². The van der Waals surface area contributed by atoms with Gasteiger partial charge in [0.1, 0.15) is 0 Å². The van der Waals surface area contributed by atoms with Gasteiger partial charge in [0, 0.05) is 11.0 Å². The van der Waals surface area contributed by atoms with Crippen molar-refractivity contribution in [2.45, 2.75) is 19.8 Å². The molecule has 0 saturated carbocycles. The molecule has 0 radical (unpaired) electrons. The maximum atomic E-state index is 9.47. The number of nitrogens with zero attached hydrogens (tertiary/aromatic N) is 1. The van der Waals surface area contributed by atoms with Gasteiger partial charge in [0.15, 0.2) is 0 Å². The maximum Gasteiger partial charge on any atom is 0.376 e. The number of rotatable bonds is 1. The third kappa shape index (κ3) is 2.02. The number of fused-ring (bicyclic) bond motifs is 1. The van der Waals surface area contributed by atoms with E-state index in [-0.39, 0.29) is 7.05 Å². The van der Waals surface area contributed by atoms with Gasteiger partial charge in [-0.05, 0) is 43.0 Å². The fourth-order valence-corrected chi connectivity index (χ4v) is 2.27. The smallest absolute Gasteiger partial charge is 0.376 e. The van der Waals surface area contributed by atoms with Gasteiger partial charge in [-0.3, -0.25) is 0 Å². The minimum absolute atomic E-state index is 0.341. The number of halogens is 1. The van der Waals surface area contributed by atoms with Gasteiger partial charge in [-0.15, -0.1) is 0 Å². The average Bonchev–Trinajstić information content (AvgIpc) is 2.16. The first-order valence-electron chi connectivity index (χ1n) is 4.86. The Morgan fingerprint density at radius 3 is 2.93 bits per heavy atom. The number of hydrogen-bond acceptors (Lipinski definition) is 2. The lowest BCUT2D eigenvalue weighted by atomic mass is 9.81. The Morgan fingerprint density at radius 1 is 1.43 bits per heavy atom. The highest BCUT2D eigenvalue weighted by Gasteiger charge is 2.21. The Morgan fingerprint density at radius 2 is 2.21 bits per heavy atom. The molecule has 0 atom stereocenters. The van der Waals surface area contributed by atoms with E-state index in [2.05, 4.69) is 38.9 Å². The summed E-state index contributed by atoms with van der Waals surface area (Å²) in [5.41, 5.74) is 2.73.